The maximum Gasteiger partial charge on any atom is 0.407 e. The number of halogens is 5. The van der Waals surface area contributed by atoms with Crippen LogP contribution in [0, 0.1) is 11.6 Å². The predicted molar refractivity (Wildman–Crippen MR) is 81.3 cm³/mol. The minimum atomic E-state index is -4.47. The summed E-state index contributed by atoms with van der Waals surface area (Å²) in [6, 6.07) is 2.24. The summed E-state index contributed by atoms with van der Waals surface area (Å²) in [7, 11) is 0. The summed E-state index contributed by atoms with van der Waals surface area (Å²) in [5.41, 5.74) is 5.61. The highest BCUT2D eigenvalue weighted by molar-refractivity contribution is 6.23. The number of nitrogens with zero attached hydrogens (tertiary/aromatic N) is 1. The monoisotopic (exact) mass is 334 g/mol. The predicted octanol–water partition coefficient (Wildman–Crippen LogP) is 4.80. The molecule has 1 rings (SSSR count). The zero-order valence-electron chi connectivity index (χ0n) is 13.4. The van der Waals surface area contributed by atoms with Gasteiger partial charge in [0.1, 0.15) is 18.2 Å². The van der Waals surface area contributed by atoms with Crippen molar-refractivity contribution in [1.29, 1.82) is 0 Å². The van der Waals surface area contributed by atoms with Crippen molar-refractivity contribution in [3.63, 3.8) is 0 Å². The van der Waals surface area contributed by atoms with Crippen molar-refractivity contribution < 1.29 is 22.0 Å². The van der Waals surface area contributed by atoms with Gasteiger partial charge < -0.3 is 5.73 Å². The zero-order chi connectivity index (χ0) is 17.9. The minimum absolute atomic E-state index is 0.0497. The Kier molecular flexibility index (Phi) is 5.91. The molecular formula is C16H19F5N2. The number of rotatable bonds is 4. The molecule has 2 nitrogen and oxygen atoms in total. The van der Waals surface area contributed by atoms with Crippen molar-refractivity contribution in [2.45, 2.75) is 39.8 Å². The van der Waals surface area contributed by atoms with E-state index < -0.39 is 30.3 Å². The lowest BCUT2D eigenvalue weighted by molar-refractivity contribution is -0.118. The lowest BCUT2D eigenvalue weighted by atomic mass is 9.93. The van der Waals surface area contributed by atoms with E-state index in [4.69, 9.17) is 5.73 Å². The molecule has 0 bridgehead atoms. The summed E-state index contributed by atoms with van der Waals surface area (Å²) >= 11 is 0. The highest BCUT2D eigenvalue weighted by Crippen LogP contribution is 2.30. The fraction of sp³-hybridized carbons (Fsp3) is 0.438. The van der Waals surface area contributed by atoms with Crippen LogP contribution < -0.4 is 5.73 Å². The van der Waals surface area contributed by atoms with Gasteiger partial charge in [-0.3, -0.25) is 4.99 Å². The van der Waals surface area contributed by atoms with Crippen molar-refractivity contribution in [1.82, 2.24) is 0 Å². The van der Waals surface area contributed by atoms with Crippen molar-refractivity contribution >= 4 is 11.3 Å². The van der Waals surface area contributed by atoms with Crippen molar-refractivity contribution in [3.05, 3.63) is 40.6 Å². The first-order valence-electron chi connectivity index (χ1n) is 6.98. The van der Waals surface area contributed by atoms with E-state index in [1.165, 1.54) is 13.8 Å². The highest BCUT2D eigenvalue weighted by Gasteiger charge is 2.27. The second kappa shape index (κ2) is 7.10. The molecule has 128 valence electrons. The van der Waals surface area contributed by atoms with Gasteiger partial charge in [-0.15, -0.1) is 0 Å². The SMILES string of the molecule is CC(=NCC(F)(F)F)/C(=C(/C)N)c1ccc(F)c(C(C)C)c1F. The second-order valence-corrected chi connectivity index (χ2v) is 5.55. The Morgan fingerprint density at radius 1 is 1.17 bits per heavy atom. The van der Waals surface area contributed by atoms with Crippen LogP contribution in [0.2, 0.25) is 0 Å². The van der Waals surface area contributed by atoms with Gasteiger partial charge in [-0.2, -0.15) is 13.2 Å². The van der Waals surface area contributed by atoms with Crippen molar-refractivity contribution in [3.8, 4) is 0 Å². The van der Waals surface area contributed by atoms with E-state index in [-0.39, 0.29) is 28.1 Å². The lowest BCUT2D eigenvalue weighted by Crippen LogP contribution is -2.15. The van der Waals surface area contributed by atoms with Crippen LogP contribution >= 0.6 is 0 Å². The van der Waals surface area contributed by atoms with Crippen molar-refractivity contribution in [2.24, 2.45) is 10.7 Å². The van der Waals surface area contributed by atoms with E-state index in [1.807, 2.05) is 0 Å². The molecule has 1 aromatic carbocycles. The number of hydrogen-bond donors (Lipinski definition) is 1. The average Bonchev–Trinajstić information content (AvgIpc) is 2.38. The number of hydrogen-bond acceptors (Lipinski definition) is 2. The fourth-order valence-electron chi connectivity index (χ4n) is 2.27. The molecule has 0 saturated carbocycles. The van der Waals surface area contributed by atoms with E-state index in [0.29, 0.717) is 0 Å². The summed E-state index contributed by atoms with van der Waals surface area (Å²) < 4.78 is 65.3. The molecule has 0 unspecified atom stereocenters. The quantitative estimate of drug-likeness (QED) is 0.623. The lowest BCUT2D eigenvalue weighted by Gasteiger charge is -2.16. The smallest absolute Gasteiger partial charge is 0.402 e. The molecular weight excluding hydrogens is 315 g/mol. The van der Waals surface area contributed by atoms with E-state index in [0.717, 1.165) is 12.1 Å². The molecule has 23 heavy (non-hydrogen) atoms. The zero-order valence-corrected chi connectivity index (χ0v) is 13.4. The van der Waals surface area contributed by atoms with Gasteiger partial charge >= 0.3 is 6.18 Å². The van der Waals surface area contributed by atoms with E-state index >= 15 is 0 Å². The van der Waals surface area contributed by atoms with Crippen LogP contribution in [0.5, 0.6) is 0 Å². The van der Waals surface area contributed by atoms with Gasteiger partial charge in [0.2, 0.25) is 0 Å². The molecule has 7 heteroatoms. The number of allylic oxidation sites excluding steroid dienone is 2. The molecule has 2 N–H and O–H groups in total. The largest absolute Gasteiger partial charge is 0.407 e. The molecule has 0 heterocycles. The van der Waals surface area contributed by atoms with Gasteiger partial charge in [-0.1, -0.05) is 13.8 Å². The van der Waals surface area contributed by atoms with Crippen LogP contribution in [0.3, 0.4) is 0 Å². The number of aliphatic imine (C=N–C) groups is 1. The molecule has 0 radical (unpaired) electrons. The maximum atomic E-state index is 14.6. The molecule has 0 atom stereocenters. The Labute approximate surface area is 131 Å². The standard InChI is InChI=1S/C16H19F5N2/c1-8(2)13-12(17)6-5-11(15(13)18)14(9(3)22)10(4)23-7-16(19,20)21/h5-6,8H,7,22H2,1-4H3/b14-9+,23-10?. The normalized spacial score (nSPS) is 14.3. The van der Waals surface area contributed by atoms with Gasteiger partial charge in [0.05, 0.1) is 0 Å². The number of nitrogens with two attached hydrogens (primary N) is 1. The van der Waals surface area contributed by atoms with E-state index in [9.17, 15) is 22.0 Å². The Bertz CT molecular complexity index is 639. The Hall–Kier alpha value is -1.92. The minimum Gasteiger partial charge on any atom is -0.402 e. The molecule has 0 aliphatic heterocycles. The Morgan fingerprint density at radius 2 is 1.74 bits per heavy atom. The summed E-state index contributed by atoms with van der Waals surface area (Å²) in [5, 5.41) is 0. The molecule has 0 saturated heterocycles. The Morgan fingerprint density at radius 3 is 2.17 bits per heavy atom. The van der Waals surface area contributed by atoms with Gasteiger partial charge in [0.15, 0.2) is 0 Å². The molecule has 0 aliphatic carbocycles. The van der Waals surface area contributed by atoms with Crippen LogP contribution in [-0.2, 0) is 0 Å². The second-order valence-electron chi connectivity index (χ2n) is 5.55. The topological polar surface area (TPSA) is 38.4 Å². The van der Waals surface area contributed by atoms with Crippen LogP contribution in [0.25, 0.3) is 5.57 Å². The number of alkyl halides is 3. The van der Waals surface area contributed by atoms with Gasteiger partial charge in [-0.05, 0) is 31.9 Å². The van der Waals surface area contributed by atoms with E-state index in [2.05, 4.69) is 4.99 Å². The molecule has 0 amide bonds. The molecule has 0 aromatic heterocycles. The van der Waals surface area contributed by atoms with Crippen molar-refractivity contribution in [2.75, 3.05) is 6.54 Å². The van der Waals surface area contributed by atoms with Crippen LogP contribution in [0.15, 0.2) is 22.8 Å². The first kappa shape index (κ1) is 19.1. The fourth-order valence-corrected chi connectivity index (χ4v) is 2.27. The molecule has 1 aromatic rings. The summed E-state index contributed by atoms with van der Waals surface area (Å²) in [6.45, 7) is 4.59. The van der Waals surface area contributed by atoms with Gasteiger partial charge in [-0.25, -0.2) is 8.78 Å². The summed E-state index contributed by atoms with van der Waals surface area (Å²) in [6.07, 6.45) is -4.47. The molecule has 0 aliphatic rings. The first-order chi connectivity index (χ1) is 10.5. The van der Waals surface area contributed by atoms with Crippen LogP contribution in [0.1, 0.15) is 44.7 Å². The van der Waals surface area contributed by atoms with Gasteiger partial charge in [0, 0.05) is 28.1 Å². The summed E-state index contributed by atoms with van der Waals surface area (Å²) in [5.74, 6) is -1.97. The summed E-state index contributed by atoms with van der Waals surface area (Å²) in [4.78, 5) is 3.42. The highest BCUT2D eigenvalue weighted by atomic mass is 19.4. The molecule has 0 fully saturated rings. The molecule has 0 spiro atoms. The first-order valence-corrected chi connectivity index (χ1v) is 6.98. The third kappa shape index (κ3) is 4.77. The number of benzene rings is 1. The third-order valence-corrected chi connectivity index (χ3v) is 3.22. The maximum absolute atomic E-state index is 14.6. The van der Waals surface area contributed by atoms with Crippen LogP contribution in [0.4, 0.5) is 22.0 Å². The van der Waals surface area contributed by atoms with E-state index in [1.54, 1.807) is 13.8 Å². The third-order valence-electron chi connectivity index (χ3n) is 3.22. The Balaban J connectivity index is 3.46. The van der Waals surface area contributed by atoms with Crippen LogP contribution in [-0.4, -0.2) is 18.4 Å². The van der Waals surface area contributed by atoms with Gasteiger partial charge in [0.25, 0.3) is 0 Å². The average molecular weight is 334 g/mol.